The molecule has 0 saturated carbocycles. The van der Waals surface area contributed by atoms with Crippen molar-refractivity contribution in [1.82, 2.24) is 25.2 Å². The highest BCUT2D eigenvalue weighted by atomic mass is 79.9. The number of rotatable bonds is 2. The number of hydrazine groups is 1. The minimum atomic E-state index is -0.393. The molecule has 8 heteroatoms. The second kappa shape index (κ2) is 5.72. The van der Waals surface area contributed by atoms with Crippen LogP contribution in [0.1, 0.15) is 32.2 Å². The lowest BCUT2D eigenvalue weighted by atomic mass is 10.2. The summed E-state index contributed by atoms with van der Waals surface area (Å²) in [6.07, 6.45) is 1.76. The third-order valence-corrected chi connectivity index (χ3v) is 3.66. The quantitative estimate of drug-likeness (QED) is 0.796. The third-order valence-electron chi connectivity index (χ3n) is 3.23. The van der Waals surface area contributed by atoms with Crippen molar-refractivity contribution in [2.45, 2.75) is 13.8 Å². The Kier molecular flexibility index (Phi) is 4.17. The number of aromatic nitrogens is 3. The molecule has 0 radical (unpaired) electrons. The van der Waals surface area contributed by atoms with Crippen LogP contribution >= 0.6 is 15.9 Å². The first kappa shape index (κ1) is 15.3. The van der Waals surface area contributed by atoms with E-state index in [1.54, 1.807) is 49.5 Å². The zero-order valence-corrected chi connectivity index (χ0v) is 13.8. The van der Waals surface area contributed by atoms with Gasteiger partial charge in [-0.05, 0) is 35.8 Å². The number of carbonyl (C=O) groups is 2. The van der Waals surface area contributed by atoms with E-state index in [4.69, 9.17) is 0 Å². The average molecular weight is 354 g/mol. The molecule has 0 aliphatic heterocycles. The van der Waals surface area contributed by atoms with E-state index < -0.39 is 5.91 Å². The molecule has 0 bridgehead atoms. The van der Waals surface area contributed by atoms with Gasteiger partial charge in [-0.25, -0.2) is 0 Å². The van der Waals surface area contributed by atoms with Gasteiger partial charge in [0.15, 0.2) is 0 Å². The molecule has 0 fully saturated rings. The summed E-state index contributed by atoms with van der Waals surface area (Å²) in [5, 5.41) is 4.17. The van der Waals surface area contributed by atoms with Gasteiger partial charge in [-0.1, -0.05) is 0 Å². The van der Waals surface area contributed by atoms with Crippen LogP contribution in [0.4, 0.5) is 0 Å². The van der Waals surface area contributed by atoms with E-state index in [-0.39, 0.29) is 5.91 Å². The molecule has 0 saturated heterocycles. The second-order valence-electron chi connectivity index (χ2n) is 4.73. The number of hydrogen-bond donors (Lipinski definition) is 2. The number of hydrogen-bond acceptors (Lipinski definition) is 3. The first-order valence-electron chi connectivity index (χ1n) is 6.24. The Balaban J connectivity index is 2.08. The predicted octanol–water partition coefficient (Wildman–Crippen LogP) is 1.21. The summed E-state index contributed by atoms with van der Waals surface area (Å²) >= 11 is 3.29. The van der Waals surface area contributed by atoms with E-state index in [1.165, 1.54) is 0 Å². The molecule has 2 aromatic rings. The Morgan fingerprint density at radius 1 is 1.19 bits per heavy atom. The summed E-state index contributed by atoms with van der Waals surface area (Å²) < 4.78 is 4.08. The molecule has 0 aliphatic carbocycles. The fraction of sp³-hybridized carbons (Fsp3) is 0.308. The van der Waals surface area contributed by atoms with Gasteiger partial charge in [-0.15, -0.1) is 0 Å². The van der Waals surface area contributed by atoms with Gasteiger partial charge >= 0.3 is 0 Å². The standard InChI is InChI=1S/C13H16BrN5O2/c1-7-11(8(2)19(4)17-7)13(21)16-15-12(20)10-5-9(14)6-18(10)3/h5-6H,1-4H3,(H,15,20)(H,16,21). The Bertz CT molecular complexity index is 716. The number of halogens is 1. The summed E-state index contributed by atoms with van der Waals surface area (Å²) in [5.74, 6) is -0.782. The Hall–Kier alpha value is -2.09. The van der Waals surface area contributed by atoms with Crippen LogP contribution in [-0.4, -0.2) is 26.2 Å². The van der Waals surface area contributed by atoms with E-state index in [9.17, 15) is 9.59 Å². The molecule has 21 heavy (non-hydrogen) atoms. The summed E-state index contributed by atoms with van der Waals surface area (Å²) in [7, 11) is 3.51. The van der Waals surface area contributed by atoms with Gasteiger partial charge in [0.1, 0.15) is 5.69 Å². The van der Waals surface area contributed by atoms with Crippen LogP contribution in [0.2, 0.25) is 0 Å². The molecule has 2 amide bonds. The molecule has 0 spiro atoms. The topological polar surface area (TPSA) is 81.0 Å². The summed E-state index contributed by atoms with van der Waals surface area (Å²) in [4.78, 5) is 24.1. The molecule has 2 rings (SSSR count). The van der Waals surface area contributed by atoms with Gasteiger partial charge in [-0.2, -0.15) is 5.10 Å². The van der Waals surface area contributed by atoms with Crippen molar-refractivity contribution in [3.05, 3.63) is 39.4 Å². The van der Waals surface area contributed by atoms with Crippen molar-refractivity contribution in [2.24, 2.45) is 14.1 Å². The highest BCUT2D eigenvalue weighted by molar-refractivity contribution is 9.10. The van der Waals surface area contributed by atoms with E-state index in [2.05, 4.69) is 31.9 Å². The van der Waals surface area contributed by atoms with Crippen LogP contribution in [0.25, 0.3) is 0 Å². The van der Waals surface area contributed by atoms with E-state index >= 15 is 0 Å². The molecule has 2 aromatic heterocycles. The van der Waals surface area contributed by atoms with Crippen LogP contribution in [0.15, 0.2) is 16.7 Å². The minimum absolute atomic E-state index is 0.389. The van der Waals surface area contributed by atoms with Gasteiger partial charge in [0.2, 0.25) is 0 Å². The number of aryl methyl sites for hydroxylation is 3. The molecule has 112 valence electrons. The van der Waals surface area contributed by atoms with Crippen LogP contribution in [0.5, 0.6) is 0 Å². The first-order chi connectivity index (χ1) is 9.81. The second-order valence-corrected chi connectivity index (χ2v) is 5.65. The fourth-order valence-electron chi connectivity index (χ4n) is 2.09. The normalized spacial score (nSPS) is 10.5. The van der Waals surface area contributed by atoms with Crippen molar-refractivity contribution in [1.29, 1.82) is 0 Å². The summed E-state index contributed by atoms with van der Waals surface area (Å²) in [5.41, 5.74) is 7.05. The third kappa shape index (κ3) is 2.99. The molecule has 0 atom stereocenters. The maximum absolute atomic E-state index is 12.1. The number of amides is 2. The van der Waals surface area contributed by atoms with Crippen LogP contribution < -0.4 is 10.9 Å². The molecule has 2 heterocycles. The smallest absolute Gasteiger partial charge is 0.286 e. The van der Waals surface area contributed by atoms with Gasteiger partial charge in [0, 0.05) is 30.5 Å². The van der Waals surface area contributed by atoms with Crippen molar-refractivity contribution in [3.63, 3.8) is 0 Å². The Labute approximate surface area is 130 Å². The molecular formula is C13H16BrN5O2. The predicted molar refractivity (Wildman–Crippen MR) is 80.7 cm³/mol. The van der Waals surface area contributed by atoms with E-state index in [0.29, 0.717) is 17.0 Å². The van der Waals surface area contributed by atoms with Crippen molar-refractivity contribution < 1.29 is 9.59 Å². The molecule has 0 aliphatic rings. The highest BCUT2D eigenvalue weighted by Crippen LogP contribution is 2.13. The Morgan fingerprint density at radius 2 is 1.81 bits per heavy atom. The number of nitrogens with zero attached hydrogens (tertiary/aromatic N) is 3. The van der Waals surface area contributed by atoms with Crippen molar-refractivity contribution in [3.8, 4) is 0 Å². The molecule has 7 nitrogen and oxygen atoms in total. The largest absolute Gasteiger partial charge is 0.345 e. The van der Waals surface area contributed by atoms with Gasteiger partial charge in [0.25, 0.3) is 11.8 Å². The fourth-order valence-corrected chi connectivity index (χ4v) is 2.62. The Morgan fingerprint density at radius 3 is 2.29 bits per heavy atom. The maximum atomic E-state index is 12.1. The summed E-state index contributed by atoms with van der Waals surface area (Å²) in [6.45, 7) is 3.54. The van der Waals surface area contributed by atoms with E-state index in [0.717, 1.165) is 10.2 Å². The molecular weight excluding hydrogens is 338 g/mol. The first-order valence-corrected chi connectivity index (χ1v) is 7.03. The van der Waals surface area contributed by atoms with E-state index in [1.807, 2.05) is 0 Å². The maximum Gasteiger partial charge on any atom is 0.286 e. The molecule has 2 N–H and O–H groups in total. The highest BCUT2D eigenvalue weighted by Gasteiger charge is 2.18. The van der Waals surface area contributed by atoms with Crippen LogP contribution in [0, 0.1) is 13.8 Å². The average Bonchev–Trinajstić information content (AvgIpc) is 2.86. The van der Waals surface area contributed by atoms with Gasteiger partial charge in [-0.3, -0.25) is 25.1 Å². The lowest BCUT2D eigenvalue weighted by molar-refractivity contribution is 0.0841. The lowest BCUT2D eigenvalue weighted by Gasteiger charge is -2.08. The van der Waals surface area contributed by atoms with Gasteiger partial charge < -0.3 is 4.57 Å². The number of nitrogens with one attached hydrogen (secondary N) is 2. The van der Waals surface area contributed by atoms with Gasteiger partial charge in [0.05, 0.1) is 11.3 Å². The molecule has 0 aromatic carbocycles. The lowest BCUT2D eigenvalue weighted by Crippen LogP contribution is -2.42. The van der Waals surface area contributed by atoms with Crippen LogP contribution in [0.3, 0.4) is 0 Å². The zero-order valence-electron chi connectivity index (χ0n) is 12.2. The zero-order chi connectivity index (χ0) is 15.7. The monoisotopic (exact) mass is 353 g/mol. The number of carbonyl (C=O) groups excluding carboxylic acids is 2. The van der Waals surface area contributed by atoms with Crippen molar-refractivity contribution in [2.75, 3.05) is 0 Å². The SMILES string of the molecule is Cc1nn(C)c(C)c1C(=O)NNC(=O)c1cc(Br)cn1C. The van der Waals surface area contributed by atoms with Crippen molar-refractivity contribution >= 4 is 27.7 Å². The molecule has 0 unspecified atom stereocenters. The minimum Gasteiger partial charge on any atom is -0.345 e. The van der Waals surface area contributed by atoms with Crippen LogP contribution in [-0.2, 0) is 14.1 Å². The summed E-state index contributed by atoms with van der Waals surface area (Å²) in [6, 6.07) is 1.67.